The van der Waals surface area contributed by atoms with Crippen LogP contribution < -0.4 is 15.5 Å². The van der Waals surface area contributed by atoms with Crippen LogP contribution in [0.1, 0.15) is 29.8 Å². The van der Waals surface area contributed by atoms with Crippen molar-refractivity contribution in [1.29, 1.82) is 0 Å². The lowest BCUT2D eigenvalue weighted by Gasteiger charge is -2.06. The predicted molar refractivity (Wildman–Crippen MR) is 93.4 cm³/mol. The van der Waals surface area contributed by atoms with Gasteiger partial charge in [-0.05, 0) is 48.9 Å². The van der Waals surface area contributed by atoms with E-state index in [2.05, 4.69) is 15.8 Å². The normalized spacial score (nSPS) is 10.9. The summed E-state index contributed by atoms with van der Waals surface area (Å²) < 4.78 is 5.05. The molecule has 0 spiro atoms. The van der Waals surface area contributed by atoms with Crippen LogP contribution in [-0.2, 0) is 4.79 Å². The van der Waals surface area contributed by atoms with Gasteiger partial charge in [0.2, 0.25) is 5.91 Å². The molecule has 0 aromatic heterocycles. The van der Waals surface area contributed by atoms with E-state index in [9.17, 15) is 9.59 Å². The third kappa shape index (κ3) is 4.67. The third-order valence-corrected chi connectivity index (χ3v) is 3.30. The van der Waals surface area contributed by atoms with Gasteiger partial charge in [0.1, 0.15) is 5.75 Å². The summed E-state index contributed by atoms with van der Waals surface area (Å²) in [6, 6.07) is 14.0. The summed E-state index contributed by atoms with van der Waals surface area (Å²) in [4.78, 5) is 23.0. The predicted octanol–water partition coefficient (Wildman–Crippen LogP) is 2.81. The summed E-state index contributed by atoms with van der Waals surface area (Å²) in [6.45, 7) is 3.25. The molecule has 2 rings (SSSR count). The Labute approximate surface area is 140 Å². The van der Waals surface area contributed by atoms with Gasteiger partial charge in [-0.15, -0.1) is 0 Å². The number of amides is 2. The highest BCUT2D eigenvalue weighted by molar-refractivity contribution is 6.01. The van der Waals surface area contributed by atoms with Crippen molar-refractivity contribution < 1.29 is 14.3 Å². The van der Waals surface area contributed by atoms with Crippen LogP contribution in [0.5, 0.6) is 5.75 Å². The molecule has 2 aromatic carbocycles. The highest BCUT2D eigenvalue weighted by Gasteiger charge is 2.05. The van der Waals surface area contributed by atoms with Gasteiger partial charge in [0.15, 0.2) is 0 Å². The molecule has 0 aliphatic heterocycles. The highest BCUT2D eigenvalue weighted by Crippen LogP contribution is 2.12. The zero-order valence-corrected chi connectivity index (χ0v) is 13.8. The van der Waals surface area contributed by atoms with Gasteiger partial charge in [-0.3, -0.25) is 9.59 Å². The second-order valence-electron chi connectivity index (χ2n) is 5.13. The fourth-order valence-corrected chi connectivity index (χ4v) is 2.00. The molecular formula is C18H19N3O3. The molecule has 0 unspecified atom stereocenters. The molecule has 2 aromatic rings. The number of carbonyl (C=O) groups excluding carboxylic acids is 2. The van der Waals surface area contributed by atoms with Gasteiger partial charge in [-0.1, -0.05) is 12.1 Å². The Morgan fingerprint density at radius 1 is 0.917 bits per heavy atom. The minimum absolute atomic E-state index is 0.125. The van der Waals surface area contributed by atoms with Gasteiger partial charge in [0, 0.05) is 18.2 Å². The van der Waals surface area contributed by atoms with Crippen molar-refractivity contribution >= 4 is 23.2 Å². The van der Waals surface area contributed by atoms with Crippen molar-refractivity contribution in [3.05, 3.63) is 59.7 Å². The van der Waals surface area contributed by atoms with Crippen molar-refractivity contribution in [3.8, 4) is 5.75 Å². The molecule has 0 bridgehead atoms. The van der Waals surface area contributed by atoms with Gasteiger partial charge in [0.05, 0.1) is 12.8 Å². The van der Waals surface area contributed by atoms with Crippen LogP contribution in [-0.4, -0.2) is 24.6 Å². The van der Waals surface area contributed by atoms with E-state index in [1.165, 1.54) is 6.92 Å². The molecular weight excluding hydrogens is 306 g/mol. The molecule has 0 heterocycles. The van der Waals surface area contributed by atoms with Crippen molar-refractivity contribution in [2.24, 2.45) is 5.10 Å². The largest absolute Gasteiger partial charge is 0.497 e. The smallest absolute Gasteiger partial charge is 0.271 e. The summed E-state index contributed by atoms with van der Waals surface area (Å²) in [5, 5.41) is 6.80. The molecule has 0 atom stereocenters. The summed E-state index contributed by atoms with van der Waals surface area (Å²) in [7, 11) is 1.57. The molecule has 24 heavy (non-hydrogen) atoms. The first-order chi connectivity index (χ1) is 11.5. The molecule has 0 radical (unpaired) electrons. The lowest BCUT2D eigenvalue weighted by atomic mass is 10.1. The Morgan fingerprint density at radius 3 is 2.04 bits per heavy atom. The first-order valence-corrected chi connectivity index (χ1v) is 7.36. The summed E-state index contributed by atoms with van der Waals surface area (Å²) in [5.41, 5.74) is 5.23. The van der Waals surface area contributed by atoms with Crippen LogP contribution in [0.4, 0.5) is 5.69 Å². The summed E-state index contributed by atoms with van der Waals surface area (Å²) >= 11 is 0. The average molecular weight is 325 g/mol. The van der Waals surface area contributed by atoms with Crippen LogP contribution in [0.15, 0.2) is 53.6 Å². The van der Waals surface area contributed by atoms with E-state index in [1.807, 2.05) is 12.1 Å². The lowest BCUT2D eigenvalue weighted by Crippen LogP contribution is -2.19. The van der Waals surface area contributed by atoms with Gasteiger partial charge >= 0.3 is 0 Å². The number of hydrogen-bond donors (Lipinski definition) is 2. The van der Waals surface area contributed by atoms with Crippen molar-refractivity contribution in [2.45, 2.75) is 13.8 Å². The monoisotopic (exact) mass is 325 g/mol. The summed E-state index contributed by atoms with van der Waals surface area (Å²) in [5.74, 6) is 0.261. The molecule has 2 N–H and O–H groups in total. The zero-order chi connectivity index (χ0) is 17.5. The van der Waals surface area contributed by atoms with Crippen LogP contribution in [0, 0.1) is 0 Å². The maximum absolute atomic E-state index is 12.0. The average Bonchev–Trinajstić information content (AvgIpc) is 2.59. The van der Waals surface area contributed by atoms with E-state index in [4.69, 9.17) is 4.74 Å². The van der Waals surface area contributed by atoms with Crippen molar-refractivity contribution in [3.63, 3.8) is 0 Å². The fourth-order valence-electron chi connectivity index (χ4n) is 2.00. The quantitative estimate of drug-likeness (QED) is 0.655. The van der Waals surface area contributed by atoms with E-state index < -0.39 is 0 Å². The molecule has 124 valence electrons. The molecule has 0 aliphatic carbocycles. The van der Waals surface area contributed by atoms with Gasteiger partial charge in [-0.25, -0.2) is 5.43 Å². The summed E-state index contributed by atoms with van der Waals surface area (Å²) in [6.07, 6.45) is 0. The Kier molecular flexibility index (Phi) is 5.68. The lowest BCUT2D eigenvalue weighted by molar-refractivity contribution is -0.114. The van der Waals surface area contributed by atoms with E-state index in [-0.39, 0.29) is 11.8 Å². The molecule has 0 fully saturated rings. The number of ether oxygens (including phenoxy) is 1. The maximum atomic E-state index is 12.0. The van der Waals surface area contributed by atoms with Crippen LogP contribution in [0.25, 0.3) is 0 Å². The first kappa shape index (κ1) is 17.2. The van der Waals surface area contributed by atoms with Gasteiger partial charge < -0.3 is 10.1 Å². The van der Waals surface area contributed by atoms with Gasteiger partial charge in [0.25, 0.3) is 5.91 Å². The minimum atomic E-state index is -0.299. The van der Waals surface area contributed by atoms with E-state index in [0.717, 1.165) is 5.56 Å². The number of methoxy groups -OCH3 is 1. The topological polar surface area (TPSA) is 79.8 Å². The number of hydrazone groups is 1. The third-order valence-electron chi connectivity index (χ3n) is 3.30. The molecule has 0 aliphatic rings. The zero-order valence-electron chi connectivity index (χ0n) is 13.8. The molecule has 6 nitrogen and oxygen atoms in total. The minimum Gasteiger partial charge on any atom is -0.497 e. The number of rotatable bonds is 5. The second-order valence-corrected chi connectivity index (χ2v) is 5.13. The number of carbonyl (C=O) groups is 2. The maximum Gasteiger partial charge on any atom is 0.271 e. The number of nitrogens with one attached hydrogen (secondary N) is 2. The Bertz CT molecular complexity index is 750. The van der Waals surface area contributed by atoms with Crippen molar-refractivity contribution in [2.75, 3.05) is 12.4 Å². The first-order valence-electron chi connectivity index (χ1n) is 7.36. The number of hydrogen-bond acceptors (Lipinski definition) is 4. The number of anilines is 1. The molecule has 0 saturated carbocycles. The number of nitrogens with zero attached hydrogens (tertiary/aromatic N) is 1. The van der Waals surface area contributed by atoms with E-state index in [1.54, 1.807) is 50.4 Å². The second kappa shape index (κ2) is 7.92. The van der Waals surface area contributed by atoms with Crippen LogP contribution in [0.2, 0.25) is 0 Å². The standard InChI is InChI=1S/C18H19N3O3/c1-12(14-4-8-16(9-5-14)19-13(2)22)20-21-18(23)15-6-10-17(24-3)11-7-15/h4-11H,1-3H3,(H,19,22)(H,21,23)/b20-12-. The number of benzene rings is 2. The Hall–Kier alpha value is -3.15. The highest BCUT2D eigenvalue weighted by atomic mass is 16.5. The Morgan fingerprint density at radius 2 is 1.50 bits per heavy atom. The van der Waals surface area contributed by atoms with Gasteiger partial charge in [-0.2, -0.15) is 5.10 Å². The molecule has 2 amide bonds. The SMILES string of the molecule is COc1ccc(C(=O)N/N=C(/C)c2ccc(NC(C)=O)cc2)cc1. The van der Waals surface area contributed by atoms with Crippen LogP contribution in [0.3, 0.4) is 0 Å². The molecule has 0 saturated heterocycles. The van der Waals surface area contributed by atoms with E-state index in [0.29, 0.717) is 22.7 Å². The van der Waals surface area contributed by atoms with E-state index >= 15 is 0 Å². The molecule has 6 heteroatoms. The van der Waals surface area contributed by atoms with Crippen LogP contribution >= 0.6 is 0 Å². The fraction of sp³-hybridized carbons (Fsp3) is 0.167. The Balaban J connectivity index is 2.01. The van der Waals surface area contributed by atoms with Crippen molar-refractivity contribution in [1.82, 2.24) is 5.43 Å².